The van der Waals surface area contributed by atoms with E-state index in [-0.39, 0.29) is 29.5 Å². The summed E-state index contributed by atoms with van der Waals surface area (Å²) in [4.78, 5) is 19.9. The Hall–Kier alpha value is -1.02. The third kappa shape index (κ3) is 5.57. The smallest absolute Gasteiger partial charge is 0.233 e. The molecule has 0 spiro atoms. The molecule has 2 heterocycles. The zero-order valence-corrected chi connectivity index (χ0v) is 19.7. The van der Waals surface area contributed by atoms with Crippen LogP contribution in [0.4, 0.5) is 0 Å². The summed E-state index contributed by atoms with van der Waals surface area (Å²) in [5, 5.41) is 0.907. The second-order valence-corrected chi connectivity index (χ2v) is 11.7. The van der Waals surface area contributed by atoms with E-state index in [1.165, 1.54) is 23.9 Å². The second-order valence-electron chi connectivity index (χ2n) is 8.51. The average Bonchev–Trinajstić information content (AvgIpc) is 3.18. The number of rotatable bonds is 8. The fourth-order valence-electron chi connectivity index (χ4n) is 4.57. The van der Waals surface area contributed by atoms with Crippen molar-refractivity contribution < 1.29 is 13.2 Å². The molecule has 1 aromatic rings. The molecule has 3 rings (SSSR count). The molecule has 0 aromatic carbocycles. The molecule has 6 nitrogen and oxygen atoms in total. The summed E-state index contributed by atoms with van der Waals surface area (Å²) in [6, 6.07) is 0.0398. The summed E-state index contributed by atoms with van der Waals surface area (Å²) in [5.74, 6) is 0.740. The van der Waals surface area contributed by atoms with Crippen molar-refractivity contribution in [3.8, 4) is 0 Å². The Morgan fingerprint density at radius 1 is 1.17 bits per heavy atom. The van der Waals surface area contributed by atoms with E-state index in [2.05, 4.69) is 23.4 Å². The molecule has 1 saturated heterocycles. The lowest BCUT2D eigenvalue weighted by atomic mass is 9.93. The van der Waals surface area contributed by atoms with Crippen LogP contribution in [0.5, 0.6) is 0 Å². The number of aryl methyl sites for hydroxylation is 1. The van der Waals surface area contributed by atoms with E-state index in [0.29, 0.717) is 12.2 Å². The van der Waals surface area contributed by atoms with Crippen LogP contribution in [0, 0.1) is 13.8 Å². The molecule has 2 fully saturated rings. The minimum absolute atomic E-state index is 0.0735. The van der Waals surface area contributed by atoms with Crippen molar-refractivity contribution >= 4 is 27.5 Å². The van der Waals surface area contributed by atoms with Crippen LogP contribution < -0.4 is 0 Å². The van der Waals surface area contributed by atoms with Crippen LogP contribution in [0.1, 0.15) is 69.7 Å². The van der Waals surface area contributed by atoms with Gasteiger partial charge in [-0.3, -0.25) is 4.79 Å². The maximum Gasteiger partial charge on any atom is 0.233 e. The minimum Gasteiger partial charge on any atom is -0.335 e. The van der Waals surface area contributed by atoms with Gasteiger partial charge in [0.2, 0.25) is 5.91 Å². The molecule has 1 amide bonds. The van der Waals surface area contributed by atoms with E-state index in [9.17, 15) is 13.2 Å². The molecular weight excluding hydrogens is 406 g/mol. The molecule has 1 aromatic heterocycles. The zero-order valence-electron chi connectivity index (χ0n) is 18.0. The Morgan fingerprint density at radius 2 is 1.90 bits per heavy atom. The van der Waals surface area contributed by atoms with Gasteiger partial charge in [0, 0.05) is 24.3 Å². The third-order valence-corrected chi connectivity index (χ3v) is 9.05. The van der Waals surface area contributed by atoms with Gasteiger partial charge in [-0.1, -0.05) is 44.4 Å². The first kappa shape index (κ1) is 22.7. The number of imidazole rings is 1. The van der Waals surface area contributed by atoms with E-state index in [0.717, 1.165) is 55.9 Å². The van der Waals surface area contributed by atoms with Gasteiger partial charge in [0.1, 0.15) is 0 Å². The molecule has 29 heavy (non-hydrogen) atoms. The average molecular weight is 442 g/mol. The van der Waals surface area contributed by atoms with E-state index in [1.54, 1.807) is 0 Å². The van der Waals surface area contributed by atoms with Crippen molar-refractivity contribution in [3.63, 3.8) is 0 Å². The fraction of sp³-hybridized carbons (Fsp3) is 0.810. The molecule has 0 radical (unpaired) electrons. The van der Waals surface area contributed by atoms with E-state index < -0.39 is 9.84 Å². The predicted octanol–water partition coefficient (Wildman–Crippen LogP) is 3.74. The lowest BCUT2D eigenvalue weighted by Crippen LogP contribution is -2.49. The van der Waals surface area contributed by atoms with Gasteiger partial charge in [-0.15, -0.1) is 0 Å². The van der Waals surface area contributed by atoms with Crippen LogP contribution >= 0.6 is 11.8 Å². The molecule has 0 bridgehead atoms. The van der Waals surface area contributed by atoms with Gasteiger partial charge in [0.25, 0.3) is 0 Å². The van der Waals surface area contributed by atoms with Gasteiger partial charge in [0.05, 0.1) is 23.0 Å². The molecule has 1 unspecified atom stereocenters. The van der Waals surface area contributed by atoms with Gasteiger partial charge in [-0.25, -0.2) is 13.4 Å². The van der Waals surface area contributed by atoms with Crippen molar-refractivity contribution in [1.29, 1.82) is 0 Å². The number of amides is 1. The third-order valence-electron chi connectivity index (χ3n) is 6.34. The van der Waals surface area contributed by atoms with E-state index in [4.69, 9.17) is 0 Å². The van der Waals surface area contributed by atoms with E-state index >= 15 is 0 Å². The number of unbranched alkanes of at least 4 members (excludes halogenated alkanes) is 1. The Bertz CT molecular complexity index is 813. The normalized spacial score (nSPS) is 22.1. The summed E-state index contributed by atoms with van der Waals surface area (Å²) < 4.78 is 26.3. The van der Waals surface area contributed by atoms with Crippen LogP contribution in [-0.2, 0) is 21.2 Å². The molecule has 2 aliphatic rings. The maximum atomic E-state index is 13.3. The number of hydrogen-bond acceptors (Lipinski definition) is 5. The van der Waals surface area contributed by atoms with Crippen LogP contribution in [0.25, 0.3) is 0 Å². The summed E-state index contributed by atoms with van der Waals surface area (Å²) in [7, 11) is -3.02. The van der Waals surface area contributed by atoms with Crippen LogP contribution in [0.3, 0.4) is 0 Å². The molecule has 1 aliphatic heterocycles. The lowest BCUT2D eigenvalue weighted by molar-refractivity contribution is -0.133. The van der Waals surface area contributed by atoms with Crippen LogP contribution in [0.2, 0.25) is 0 Å². The number of carbonyl (C=O) groups is 1. The van der Waals surface area contributed by atoms with Gasteiger partial charge < -0.3 is 9.47 Å². The summed E-state index contributed by atoms with van der Waals surface area (Å²) in [6.45, 7) is 7.20. The Morgan fingerprint density at radius 3 is 2.52 bits per heavy atom. The quantitative estimate of drug-likeness (QED) is 0.575. The van der Waals surface area contributed by atoms with Crippen molar-refractivity contribution in [3.05, 3.63) is 11.4 Å². The van der Waals surface area contributed by atoms with E-state index in [1.807, 2.05) is 11.8 Å². The zero-order chi connectivity index (χ0) is 21.0. The topological polar surface area (TPSA) is 72.3 Å². The highest BCUT2D eigenvalue weighted by molar-refractivity contribution is 7.99. The number of nitrogens with zero attached hydrogens (tertiary/aromatic N) is 3. The summed E-state index contributed by atoms with van der Waals surface area (Å²) in [5.41, 5.74) is 2.18. The molecule has 1 atom stereocenters. The standard InChI is InChI=1S/C21H35N3O3S2/c1-4-5-12-23-17(3)16(2)22-21(23)28-14-20(25)24(18-9-7-6-8-10-18)19-11-13-29(26,27)15-19/h18-19H,4-15H2,1-3H3. The SMILES string of the molecule is CCCCn1c(SCC(=O)N(C2CCCCC2)C2CCS(=O)(=O)C2)nc(C)c1C. The largest absolute Gasteiger partial charge is 0.335 e. The lowest BCUT2D eigenvalue weighted by Gasteiger charge is -2.38. The first-order valence-corrected chi connectivity index (χ1v) is 13.8. The van der Waals surface area contributed by atoms with Gasteiger partial charge in [-0.2, -0.15) is 0 Å². The van der Waals surface area contributed by atoms with Gasteiger partial charge >= 0.3 is 0 Å². The number of sulfone groups is 1. The number of carbonyl (C=O) groups excluding carboxylic acids is 1. The molecular formula is C21H35N3O3S2. The fourth-order valence-corrected chi connectivity index (χ4v) is 7.27. The van der Waals surface area contributed by atoms with Crippen molar-refractivity contribution in [2.45, 2.75) is 95.9 Å². The number of aromatic nitrogens is 2. The number of hydrogen-bond donors (Lipinski definition) is 0. The molecule has 164 valence electrons. The number of thioether (sulfide) groups is 1. The van der Waals surface area contributed by atoms with Crippen molar-refractivity contribution in [2.24, 2.45) is 0 Å². The highest BCUT2D eigenvalue weighted by Crippen LogP contribution is 2.30. The Balaban J connectivity index is 1.72. The summed E-state index contributed by atoms with van der Waals surface area (Å²) >= 11 is 1.50. The predicted molar refractivity (Wildman–Crippen MR) is 118 cm³/mol. The first-order valence-electron chi connectivity index (χ1n) is 11.0. The van der Waals surface area contributed by atoms with Gasteiger partial charge in [0.15, 0.2) is 15.0 Å². The highest BCUT2D eigenvalue weighted by atomic mass is 32.2. The van der Waals surface area contributed by atoms with Crippen LogP contribution in [0.15, 0.2) is 5.16 Å². The van der Waals surface area contributed by atoms with Gasteiger partial charge in [-0.05, 0) is 39.5 Å². The van der Waals surface area contributed by atoms with Crippen molar-refractivity contribution in [1.82, 2.24) is 14.5 Å². The van der Waals surface area contributed by atoms with Crippen molar-refractivity contribution in [2.75, 3.05) is 17.3 Å². The maximum absolute atomic E-state index is 13.3. The minimum atomic E-state index is -3.02. The molecule has 1 saturated carbocycles. The van der Waals surface area contributed by atoms with Crippen LogP contribution in [-0.4, -0.2) is 58.1 Å². The highest BCUT2D eigenvalue weighted by Gasteiger charge is 2.38. The molecule has 8 heteroatoms. The first-order chi connectivity index (χ1) is 13.8. The second kappa shape index (κ2) is 9.86. The summed E-state index contributed by atoms with van der Waals surface area (Å²) in [6.07, 6.45) is 8.24. The Labute approximate surface area is 179 Å². The molecule has 0 N–H and O–H groups in total. The monoisotopic (exact) mass is 441 g/mol. The Kier molecular flexibility index (Phi) is 7.70. The molecule has 1 aliphatic carbocycles.